The first-order chi connectivity index (χ1) is 17.6. The maximum atomic E-state index is 12.9. The van der Waals surface area contributed by atoms with E-state index in [1.807, 2.05) is 19.9 Å². The fourth-order valence-electron chi connectivity index (χ4n) is 4.52. The molecule has 1 aliphatic rings. The minimum atomic E-state index is -1.09. The van der Waals surface area contributed by atoms with Crippen LogP contribution in [-0.4, -0.2) is 67.8 Å². The number of esters is 2. The summed E-state index contributed by atoms with van der Waals surface area (Å²) in [5, 5.41) is 10.8. The number of methoxy groups -OCH3 is 1. The van der Waals surface area contributed by atoms with Crippen LogP contribution in [0.5, 0.6) is 0 Å². The van der Waals surface area contributed by atoms with Gasteiger partial charge in [0.05, 0.1) is 31.1 Å². The third kappa shape index (κ3) is 12.9. The summed E-state index contributed by atoms with van der Waals surface area (Å²) in [7, 11) is 1.70. The second-order valence-corrected chi connectivity index (χ2v) is 12.3. The highest BCUT2D eigenvalue weighted by Crippen LogP contribution is 2.33. The quantitative estimate of drug-likeness (QED) is 0.227. The van der Waals surface area contributed by atoms with Crippen LogP contribution in [0.2, 0.25) is 0 Å². The van der Waals surface area contributed by atoms with Crippen LogP contribution in [0.25, 0.3) is 0 Å². The van der Waals surface area contributed by atoms with Crippen LogP contribution in [0.1, 0.15) is 87.5 Å². The lowest BCUT2D eigenvalue weighted by Crippen LogP contribution is -2.38. The maximum absolute atomic E-state index is 12.9. The predicted octanol–water partition coefficient (Wildman–Crippen LogP) is 4.73. The van der Waals surface area contributed by atoms with Crippen LogP contribution in [0, 0.1) is 17.8 Å². The van der Waals surface area contributed by atoms with Crippen molar-refractivity contribution in [3.05, 3.63) is 22.8 Å². The van der Waals surface area contributed by atoms with Gasteiger partial charge in [0.2, 0.25) is 0 Å². The first-order valence-electron chi connectivity index (χ1n) is 14.0. The van der Waals surface area contributed by atoms with Gasteiger partial charge < -0.3 is 29.8 Å². The minimum Gasteiger partial charge on any atom is -0.463 e. The zero-order valence-electron chi connectivity index (χ0n) is 25.2. The van der Waals surface area contributed by atoms with E-state index >= 15 is 0 Å². The number of carbonyl (C=O) groups excluding carboxylic acids is 2. The molecule has 0 saturated carbocycles. The normalized spacial score (nSPS) is 21.1. The Morgan fingerprint density at radius 2 is 1.84 bits per heavy atom. The molecule has 0 aromatic heterocycles. The minimum absolute atomic E-state index is 0.0643. The Labute approximate surface area is 230 Å². The molecule has 0 aromatic carbocycles. The van der Waals surface area contributed by atoms with Crippen molar-refractivity contribution in [1.82, 2.24) is 0 Å². The molecule has 4 atom stereocenters. The molecule has 3 N–H and O–H groups in total. The van der Waals surface area contributed by atoms with E-state index in [4.69, 9.17) is 24.7 Å². The third-order valence-corrected chi connectivity index (χ3v) is 6.36. The zero-order chi connectivity index (χ0) is 29.0. The fourth-order valence-corrected chi connectivity index (χ4v) is 4.52. The number of rotatable bonds is 15. The third-order valence-electron chi connectivity index (χ3n) is 6.36. The summed E-state index contributed by atoms with van der Waals surface area (Å²) in [5.41, 5.74) is 9.11. The molecule has 1 heterocycles. The first-order valence-corrected chi connectivity index (χ1v) is 14.0. The summed E-state index contributed by atoms with van der Waals surface area (Å²) in [6.07, 6.45) is 3.75. The molecule has 1 fully saturated rings. The molecule has 0 aromatic rings. The summed E-state index contributed by atoms with van der Waals surface area (Å²) >= 11 is 0. The van der Waals surface area contributed by atoms with Crippen molar-refractivity contribution in [3.8, 4) is 0 Å². The summed E-state index contributed by atoms with van der Waals surface area (Å²) in [6, 6.07) is -0.745. The Balaban J connectivity index is 2.94. The van der Waals surface area contributed by atoms with Gasteiger partial charge in [-0.3, -0.25) is 9.59 Å². The lowest BCUT2D eigenvalue weighted by atomic mass is 9.91. The van der Waals surface area contributed by atoms with Crippen molar-refractivity contribution >= 4 is 11.9 Å². The van der Waals surface area contributed by atoms with Crippen LogP contribution < -0.4 is 5.73 Å². The average molecular weight is 540 g/mol. The Kier molecular flexibility index (Phi) is 14.8. The second-order valence-electron chi connectivity index (χ2n) is 12.3. The second kappa shape index (κ2) is 16.4. The molecular weight excluding hydrogens is 486 g/mol. The number of aliphatic hydroxyl groups excluding tert-OH is 1. The first kappa shape index (κ1) is 34.3. The number of allylic oxidation sites excluding steroid dienone is 1. The number of nitrogens with two attached hydrogens (primary N) is 1. The van der Waals surface area contributed by atoms with Crippen molar-refractivity contribution in [3.63, 3.8) is 0 Å². The van der Waals surface area contributed by atoms with E-state index in [2.05, 4.69) is 20.8 Å². The molecule has 0 spiro atoms. The molecule has 0 unspecified atom stereocenters. The van der Waals surface area contributed by atoms with Gasteiger partial charge in [-0.25, -0.2) is 0 Å². The van der Waals surface area contributed by atoms with Gasteiger partial charge in [0.1, 0.15) is 18.3 Å². The van der Waals surface area contributed by atoms with Crippen molar-refractivity contribution in [2.75, 3.05) is 26.9 Å². The molecule has 0 radical (unpaired) electrons. The van der Waals surface area contributed by atoms with Crippen molar-refractivity contribution in [2.45, 2.75) is 111 Å². The molecule has 38 heavy (non-hydrogen) atoms. The van der Waals surface area contributed by atoms with Gasteiger partial charge >= 0.3 is 11.9 Å². The smallest absolute Gasteiger partial charge is 0.309 e. The summed E-state index contributed by atoms with van der Waals surface area (Å²) < 4.78 is 22.1. The van der Waals surface area contributed by atoms with Gasteiger partial charge in [0.15, 0.2) is 0 Å². The van der Waals surface area contributed by atoms with Crippen molar-refractivity contribution < 1.29 is 33.6 Å². The summed E-state index contributed by atoms with van der Waals surface area (Å²) in [4.78, 5) is 25.2. The maximum Gasteiger partial charge on any atom is 0.309 e. The number of carbonyl (C=O) groups is 2. The summed E-state index contributed by atoms with van der Waals surface area (Å²) in [5.74, 6) is -1.000. The topological polar surface area (TPSA) is 117 Å². The molecule has 0 amide bonds. The van der Waals surface area contributed by atoms with Crippen molar-refractivity contribution in [2.24, 2.45) is 23.5 Å². The van der Waals surface area contributed by atoms with E-state index in [1.165, 1.54) is 5.57 Å². The SMILES string of the molecule is COCCC/C(C)=C1\CO[C@@H](CC(C)C)\C1=C/[C@@H](N)[C@@H](O)COC(=O)[C@H](CC(=O)OC(C)(C)C)CC(C)C. The molecular formula is C30H53NO7. The van der Waals surface area contributed by atoms with E-state index < -0.39 is 35.6 Å². The molecule has 1 saturated heterocycles. The molecule has 0 bridgehead atoms. The lowest BCUT2D eigenvalue weighted by molar-refractivity contribution is -0.163. The van der Waals surface area contributed by atoms with Crippen LogP contribution in [0.15, 0.2) is 22.8 Å². The van der Waals surface area contributed by atoms with Crippen LogP contribution >= 0.6 is 0 Å². The van der Waals surface area contributed by atoms with E-state index in [0.29, 0.717) is 25.6 Å². The van der Waals surface area contributed by atoms with Gasteiger partial charge in [0.25, 0.3) is 0 Å². The van der Waals surface area contributed by atoms with E-state index in [9.17, 15) is 14.7 Å². The van der Waals surface area contributed by atoms with Gasteiger partial charge in [-0.2, -0.15) is 0 Å². The van der Waals surface area contributed by atoms with E-state index in [0.717, 1.165) is 30.4 Å². The molecule has 8 heteroatoms. The predicted molar refractivity (Wildman–Crippen MR) is 149 cm³/mol. The Hall–Kier alpha value is -1.74. The average Bonchev–Trinajstić information content (AvgIpc) is 3.16. The Bertz CT molecular complexity index is 810. The molecule has 8 nitrogen and oxygen atoms in total. The molecule has 220 valence electrons. The molecule has 1 rings (SSSR count). The Morgan fingerprint density at radius 1 is 1.18 bits per heavy atom. The highest BCUT2D eigenvalue weighted by atomic mass is 16.6. The standard InChI is InChI=1S/C30H53NO7/c1-19(2)13-22(15-28(33)38-30(6,7)8)29(34)37-18-26(32)25(31)16-23-24(21(5)11-10-12-35-9)17-36-27(23)14-20(3)4/h16,19-20,22,25-27,32H,10-15,17-18,31H2,1-9H3/b23-16-,24-21+/t22-,25+,26-,27-/m0/s1. The van der Waals surface area contributed by atoms with Gasteiger partial charge in [-0.05, 0) is 76.4 Å². The Morgan fingerprint density at radius 3 is 2.39 bits per heavy atom. The number of hydrogen-bond acceptors (Lipinski definition) is 8. The fraction of sp³-hybridized carbons (Fsp3) is 0.800. The molecule has 0 aliphatic carbocycles. The van der Waals surface area contributed by atoms with Crippen LogP contribution in [0.3, 0.4) is 0 Å². The monoisotopic (exact) mass is 539 g/mol. The highest BCUT2D eigenvalue weighted by molar-refractivity contribution is 5.80. The molecule has 1 aliphatic heterocycles. The van der Waals surface area contributed by atoms with Gasteiger partial charge in [-0.1, -0.05) is 39.3 Å². The zero-order valence-corrected chi connectivity index (χ0v) is 25.2. The number of aliphatic hydroxyl groups is 1. The lowest BCUT2D eigenvalue weighted by Gasteiger charge is -2.23. The van der Waals surface area contributed by atoms with E-state index in [1.54, 1.807) is 27.9 Å². The van der Waals surface area contributed by atoms with E-state index in [-0.39, 0.29) is 25.0 Å². The van der Waals surface area contributed by atoms with Crippen LogP contribution in [0.4, 0.5) is 0 Å². The number of hydrogen-bond donors (Lipinski definition) is 2. The van der Waals surface area contributed by atoms with Crippen LogP contribution in [-0.2, 0) is 28.5 Å². The highest BCUT2D eigenvalue weighted by Gasteiger charge is 2.31. The van der Waals surface area contributed by atoms with Gasteiger partial charge in [-0.15, -0.1) is 0 Å². The number of ether oxygens (including phenoxy) is 4. The van der Waals surface area contributed by atoms with Crippen molar-refractivity contribution in [1.29, 1.82) is 0 Å². The van der Waals surface area contributed by atoms with Gasteiger partial charge in [0, 0.05) is 13.7 Å². The largest absolute Gasteiger partial charge is 0.463 e. The summed E-state index contributed by atoms with van der Waals surface area (Å²) in [6.45, 7) is 16.7.